The largest absolute Gasteiger partial charge is 0.366 e. The van der Waals surface area contributed by atoms with Gasteiger partial charge in [-0.1, -0.05) is 15.9 Å². The molecule has 18 heavy (non-hydrogen) atoms. The van der Waals surface area contributed by atoms with Gasteiger partial charge in [0.2, 0.25) is 0 Å². The summed E-state index contributed by atoms with van der Waals surface area (Å²) >= 11 is 3.37. The minimum absolute atomic E-state index is 0.654. The molecular weight excluding hydrogens is 292 g/mol. The number of aromatic nitrogens is 2. The number of anilines is 1. The van der Waals surface area contributed by atoms with E-state index in [2.05, 4.69) is 27.0 Å². The molecule has 0 saturated heterocycles. The van der Waals surface area contributed by atoms with Crippen molar-refractivity contribution in [2.75, 3.05) is 11.9 Å². The second kappa shape index (κ2) is 5.23. The molecule has 0 aliphatic heterocycles. The van der Waals surface area contributed by atoms with E-state index < -0.39 is 0 Å². The lowest BCUT2D eigenvalue weighted by Crippen LogP contribution is -2.19. The Kier molecular flexibility index (Phi) is 3.68. The van der Waals surface area contributed by atoms with E-state index in [0.717, 1.165) is 16.0 Å². The van der Waals surface area contributed by atoms with Crippen molar-refractivity contribution >= 4 is 21.6 Å². The second-order valence-electron chi connectivity index (χ2n) is 4.08. The molecule has 0 fully saturated rings. The smallest absolute Gasteiger partial charge is 0.127 e. The third kappa shape index (κ3) is 2.54. The van der Waals surface area contributed by atoms with Crippen LogP contribution in [0.25, 0.3) is 0 Å². The van der Waals surface area contributed by atoms with Crippen LogP contribution in [-0.4, -0.2) is 16.6 Å². The third-order valence-corrected chi connectivity index (χ3v) is 3.28. The van der Waals surface area contributed by atoms with E-state index in [1.807, 2.05) is 48.0 Å². The Morgan fingerprint density at radius 2 is 2.28 bits per heavy atom. The van der Waals surface area contributed by atoms with Crippen LogP contribution >= 0.6 is 15.9 Å². The summed E-state index contributed by atoms with van der Waals surface area (Å²) in [6.45, 7) is 0.666. The van der Waals surface area contributed by atoms with Crippen LogP contribution in [0.2, 0.25) is 0 Å². The van der Waals surface area contributed by atoms with Crippen molar-refractivity contribution in [2.45, 2.75) is 6.54 Å². The average molecular weight is 305 g/mol. The van der Waals surface area contributed by atoms with Gasteiger partial charge in [-0.25, -0.2) is 4.98 Å². The van der Waals surface area contributed by atoms with E-state index in [-0.39, 0.29) is 0 Å². The first kappa shape index (κ1) is 12.7. The number of aryl methyl sites for hydroxylation is 1. The van der Waals surface area contributed by atoms with E-state index in [9.17, 15) is 0 Å². The maximum Gasteiger partial charge on any atom is 0.127 e. The first-order valence-corrected chi connectivity index (χ1v) is 6.28. The van der Waals surface area contributed by atoms with Crippen molar-refractivity contribution in [1.29, 1.82) is 5.26 Å². The summed E-state index contributed by atoms with van der Waals surface area (Å²) in [7, 11) is 3.92. The van der Waals surface area contributed by atoms with Crippen LogP contribution < -0.4 is 4.90 Å². The first-order valence-electron chi connectivity index (χ1n) is 5.49. The molecule has 4 nitrogen and oxygen atoms in total. The van der Waals surface area contributed by atoms with Gasteiger partial charge in [0.25, 0.3) is 0 Å². The maximum absolute atomic E-state index is 9.15. The zero-order chi connectivity index (χ0) is 13.1. The molecule has 0 aliphatic rings. The zero-order valence-electron chi connectivity index (χ0n) is 10.3. The van der Waals surface area contributed by atoms with E-state index in [1.54, 1.807) is 6.20 Å². The SMILES string of the molecule is CN(Cc1nccn1C)c1ccc(Br)cc1C#N. The molecule has 0 spiro atoms. The van der Waals surface area contributed by atoms with Crippen LogP contribution in [0.1, 0.15) is 11.4 Å². The number of benzene rings is 1. The zero-order valence-corrected chi connectivity index (χ0v) is 11.8. The van der Waals surface area contributed by atoms with Gasteiger partial charge in [-0.3, -0.25) is 0 Å². The molecule has 2 aromatic rings. The van der Waals surface area contributed by atoms with Gasteiger partial charge in [0.1, 0.15) is 11.9 Å². The summed E-state index contributed by atoms with van der Waals surface area (Å²) in [5.41, 5.74) is 1.56. The van der Waals surface area contributed by atoms with Crippen molar-refractivity contribution in [3.05, 3.63) is 46.5 Å². The lowest BCUT2D eigenvalue weighted by molar-refractivity contribution is 0.761. The molecule has 0 atom stereocenters. The summed E-state index contributed by atoms with van der Waals surface area (Å²) in [5, 5.41) is 9.15. The Balaban J connectivity index is 2.27. The van der Waals surface area contributed by atoms with Crippen molar-refractivity contribution < 1.29 is 0 Å². The van der Waals surface area contributed by atoms with Crippen LogP contribution in [0.3, 0.4) is 0 Å². The maximum atomic E-state index is 9.15. The molecular formula is C13H13BrN4. The predicted octanol–water partition coefficient (Wildman–Crippen LogP) is 2.69. The molecule has 0 radical (unpaired) electrons. The Bertz CT molecular complexity index is 597. The standard InChI is InChI=1S/C13H13BrN4/c1-17-6-5-16-13(17)9-18(2)12-4-3-11(14)7-10(12)8-15/h3-7H,9H2,1-2H3. The van der Waals surface area contributed by atoms with Gasteiger partial charge in [-0.15, -0.1) is 0 Å². The highest BCUT2D eigenvalue weighted by Crippen LogP contribution is 2.24. The van der Waals surface area contributed by atoms with Gasteiger partial charge in [0.05, 0.1) is 17.8 Å². The topological polar surface area (TPSA) is 44.9 Å². The molecule has 0 aliphatic carbocycles. The molecule has 92 valence electrons. The van der Waals surface area contributed by atoms with Crippen LogP contribution in [0.4, 0.5) is 5.69 Å². The molecule has 1 heterocycles. The molecule has 0 bridgehead atoms. The quantitative estimate of drug-likeness (QED) is 0.876. The number of rotatable bonds is 3. The molecule has 1 aromatic carbocycles. The fourth-order valence-corrected chi connectivity index (χ4v) is 2.14. The monoisotopic (exact) mass is 304 g/mol. The summed E-state index contributed by atoms with van der Waals surface area (Å²) < 4.78 is 2.88. The van der Waals surface area contributed by atoms with Gasteiger partial charge in [0, 0.05) is 31.0 Å². The van der Waals surface area contributed by atoms with E-state index in [0.29, 0.717) is 12.1 Å². The summed E-state index contributed by atoms with van der Waals surface area (Å²) in [4.78, 5) is 6.30. The molecule has 0 saturated carbocycles. The lowest BCUT2D eigenvalue weighted by atomic mass is 10.2. The lowest BCUT2D eigenvalue weighted by Gasteiger charge is -2.20. The second-order valence-corrected chi connectivity index (χ2v) is 5.00. The van der Waals surface area contributed by atoms with Crippen LogP contribution in [0.5, 0.6) is 0 Å². The molecule has 5 heteroatoms. The molecule has 2 rings (SSSR count). The van der Waals surface area contributed by atoms with Gasteiger partial charge in [-0.2, -0.15) is 5.26 Å². The van der Waals surface area contributed by atoms with Crippen LogP contribution in [0.15, 0.2) is 35.1 Å². The first-order chi connectivity index (χ1) is 8.61. The Hall–Kier alpha value is -1.80. The highest BCUT2D eigenvalue weighted by molar-refractivity contribution is 9.10. The van der Waals surface area contributed by atoms with E-state index >= 15 is 0 Å². The van der Waals surface area contributed by atoms with Crippen molar-refractivity contribution in [2.24, 2.45) is 7.05 Å². The predicted molar refractivity (Wildman–Crippen MR) is 74.2 cm³/mol. The summed E-state index contributed by atoms with van der Waals surface area (Å²) in [5.74, 6) is 0.962. The Labute approximate surface area is 115 Å². The normalized spacial score (nSPS) is 10.1. The number of nitrogens with zero attached hydrogens (tertiary/aromatic N) is 4. The van der Waals surface area contributed by atoms with E-state index in [1.165, 1.54) is 0 Å². The van der Waals surface area contributed by atoms with Crippen LogP contribution in [0, 0.1) is 11.3 Å². The van der Waals surface area contributed by atoms with Crippen molar-refractivity contribution in [3.63, 3.8) is 0 Å². The highest BCUT2D eigenvalue weighted by atomic mass is 79.9. The number of hydrogen-bond acceptors (Lipinski definition) is 3. The van der Waals surface area contributed by atoms with Crippen LogP contribution in [-0.2, 0) is 13.6 Å². The minimum Gasteiger partial charge on any atom is -0.366 e. The number of nitriles is 1. The average Bonchev–Trinajstić information content (AvgIpc) is 2.74. The highest BCUT2D eigenvalue weighted by Gasteiger charge is 2.10. The molecule has 0 unspecified atom stereocenters. The molecule has 0 amide bonds. The molecule has 0 N–H and O–H groups in total. The molecule has 1 aromatic heterocycles. The Morgan fingerprint density at radius 3 is 2.89 bits per heavy atom. The van der Waals surface area contributed by atoms with Gasteiger partial charge in [-0.05, 0) is 18.2 Å². The number of hydrogen-bond donors (Lipinski definition) is 0. The number of imidazole rings is 1. The van der Waals surface area contributed by atoms with Gasteiger partial charge < -0.3 is 9.47 Å². The Morgan fingerprint density at radius 1 is 1.50 bits per heavy atom. The fourth-order valence-electron chi connectivity index (χ4n) is 1.78. The third-order valence-electron chi connectivity index (χ3n) is 2.79. The fraction of sp³-hybridized carbons (Fsp3) is 0.231. The summed E-state index contributed by atoms with van der Waals surface area (Å²) in [6, 6.07) is 7.91. The minimum atomic E-state index is 0.654. The van der Waals surface area contributed by atoms with Gasteiger partial charge in [0.15, 0.2) is 0 Å². The van der Waals surface area contributed by atoms with Crippen molar-refractivity contribution in [1.82, 2.24) is 9.55 Å². The van der Waals surface area contributed by atoms with Crippen molar-refractivity contribution in [3.8, 4) is 6.07 Å². The number of halogens is 1. The van der Waals surface area contributed by atoms with Gasteiger partial charge >= 0.3 is 0 Å². The van der Waals surface area contributed by atoms with E-state index in [4.69, 9.17) is 5.26 Å². The summed E-state index contributed by atoms with van der Waals surface area (Å²) in [6.07, 6.45) is 3.69.